The molecule has 2 unspecified atom stereocenters. The van der Waals surface area contributed by atoms with Crippen molar-refractivity contribution in [1.82, 2.24) is 0 Å². The smallest absolute Gasteiger partial charge is 0.0808 e. The second kappa shape index (κ2) is 5.39. The Kier molecular flexibility index (Phi) is 4.05. The zero-order valence-electron chi connectivity index (χ0n) is 11.5. The van der Waals surface area contributed by atoms with Gasteiger partial charge in [-0.1, -0.05) is 24.3 Å². The molecule has 0 fully saturated rings. The van der Waals surface area contributed by atoms with Crippen molar-refractivity contribution < 1.29 is 9.47 Å². The predicted molar refractivity (Wildman–Crippen MR) is 72.5 cm³/mol. The molecule has 18 heavy (non-hydrogen) atoms. The number of rotatable bonds is 5. The summed E-state index contributed by atoms with van der Waals surface area (Å²) in [6.07, 6.45) is 1.91. The van der Waals surface area contributed by atoms with Gasteiger partial charge >= 0.3 is 0 Å². The van der Waals surface area contributed by atoms with Gasteiger partial charge in [0.1, 0.15) is 0 Å². The van der Waals surface area contributed by atoms with Crippen LogP contribution in [0.4, 0.5) is 0 Å². The quantitative estimate of drug-likeness (QED) is 0.871. The molecule has 0 radical (unpaired) electrons. The number of hydrogen-bond donors (Lipinski definition) is 1. The zero-order valence-corrected chi connectivity index (χ0v) is 11.5. The molecule has 2 N–H and O–H groups in total. The lowest BCUT2D eigenvalue weighted by Gasteiger charge is -2.24. The number of benzene rings is 1. The largest absolute Gasteiger partial charge is 0.379 e. The highest BCUT2D eigenvalue weighted by atomic mass is 16.5. The highest BCUT2D eigenvalue weighted by Crippen LogP contribution is 2.31. The second-order valence-corrected chi connectivity index (χ2v) is 5.55. The Labute approximate surface area is 109 Å². The third-order valence-corrected chi connectivity index (χ3v) is 3.82. The van der Waals surface area contributed by atoms with Gasteiger partial charge in [0.15, 0.2) is 0 Å². The Morgan fingerprint density at radius 2 is 2.06 bits per heavy atom. The van der Waals surface area contributed by atoms with Gasteiger partial charge in [-0.05, 0) is 31.4 Å². The molecule has 2 rings (SSSR count). The first-order valence-corrected chi connectivity index (χ1v) is 6.53. The van der Waals surface area contributed by atoms with E-state index in [-0.39, 0.29) is 17.7 Å². The summed E-state index contributed by atoms with van der Waals surface area (Å²) in [6, 6.07) is 8.34. The Balaban J connectivity index is 1.87. The lowest BCUT2D eigenvalue weighted by atomic mass is 10.1. The Morgan fingerprint density at radius 1 is 1.33 bits per heavy atom. The lowest BCUT2D eigenvalue weighted by Crippen LogP contribution is -2.29. The first kappa shape index (κ1) is 13.5. The summed E-state index contributed by atoms with van der Waals surface area (Å²) in [4.78, 5) is 0. The normalized spacial score (nSPS) is 23.1. The van der Waals surface area contributed by atoms with Gasteiger partial charge in [-0.15, -0.1) is 0 Å². The Morgan fingerprint density at radius 3 is 2.72 bits per heavy atom. The molecular formula is C15H23NO2. The van der Waals surface area contributed by atoms with Crippen LogP contribution >= 0.6 is 0 Å². The first-order chi connectivity index (χ1) is 8.53. The monoisotopic (exact) mass is 249 g/mol. The van der Waals surface area contributed by atoms with Crippen molar-refractivity contribution in [1.29, 1.82) is 0 Å². The van der Waals surface area contributed by atoms with E-state index in [1.54, 1.807) is 7.11 Å². The van der Waals surface area contributed by atoms with Gasteiger partial charge in [0.05, 0.1) is 17.7 Å². The van der Waals surface area contributed by atoms with Gasteiger partial charge in [-0.2, -0.15) is 0 Å². The van der Waals surface area contributed by atoms with E-state index in [1.807, 2.05) is 6.07 Å². The average Bonchev–Trinajstić information content (AvgIpc) is 2.67. The van der Waals surface area contributed by atoms with Gasteiger partial charge in [-0.25, -0.2) is 0 Å². The summed E-state index contributed by atoms with van der Waals surface area (Å²) < 4.78 is 11.3. The molecule has 2 atom stereocenters. The fourth-order valence-corrected chi connectivity index (χ4v) is 2.31. The van der Waals surface area contributed by atoms with Crippen LogP contribution in [0.25, 0.3) is 0 Å². The van der Waals surface area contributed by atoms with E-state index >= 15 is 0 Å². The number of nitrogens with two attached hydrogens (primary N) is 1. The zero-order chi connectivity index (χ0) is 13.2. The molecule has 0 amide bonds. The van der Waals surface area contributed by atoms with Gasteiger partial charge in [0, 0.05) is 20.1 Å². The van der Waals surface area contributed by atoms with Gasteiger partial charge in [0.2, 0.25) is 0 Å². The maximum Gasteiger partial charge on any atom is 0.0808 e. The molecule has 3 nitrogen and oxygen atoms in total. The van der Waals surface area contributed by atoms with Gasteiger partial charge in [-0.3, -0.25) is 0 Å². The molecule has 0 heterocycles. The fourth-order valence-electron chi connectivity index (χ4n) is 2.31. The molecule has 0 bridgehead atoms. The molecule has 0 aromatic heterocycles. The predicted octanol–water partition coefficient (Wildman–Crippen LogP) is 2.44. The molecule has 1 aliphatic carbocycles. The van der Waals surface area contributed by atoms with E-state index in [4.69, 9.17) is 15.2 Å². The summed E-state index contributed by atoms with van der Waals surface area (Å²) in [5.74, 6) is 0. The number of methoxy groups -OCH3 is 1. The van der Waals surface area contributed by atoms with Crippen LogP contribution in [-0.2, 0) is 15.9 Å². The molecular weight excluding hydrogens is 226 g/mol. The minimum absolute atomic E-state index is 0.00635. The van der Waals surface area contributed by atoms with E-state index in [2.05, 4.69) is 32.0 Å². The summed E-state index contributed by atoms with van der Waals surface area (Å²) in [6.45, 7) is 4.83. The van der Waals surface area contributed by atoms with E-state index in [0.717, 1.165) is 12.8 Å². The third kappa shape index (κ3) is 2.91. The number of hydrogen-bond acceptors (Lipinski definition) is 3. The van der Waals surface area contributed by atoms with Crippen molar-refractivity contribution >= 4 is 0 Å². The topological polar surface area (TPSA) is 44.5 Å². The molecule has 100 valence electrons. The van der Waals surface area contributed by atoms with Crippen LogP contribution in [0.5, 0.6) is 0 Å². The highest BCUT2D eigenvalue weighted by molar-refractivity contribution is 5.36. The van der Waals surface area contributed by atoms with Crippen LogP contribution in [0, 0.1) is 0 Å². The minimum atomic E-state index is -0.129. The van der Waals surface area contributed by atoms with Crippen molar-refractivity contribution in [2.75, 3.05) is 13.7 Å². The standard InChI is InChI=1S/C15H23NO2/c1-15(2,17-3)8-9-18-13-10-11-6-4-5-7-12(11)14(13)16/h4-7,13-14H,8-10,16H2,1-3H3. The van der Waals surface area contributed by atoms with Crippen LogP contribution in [0.2, 0.25) is 0 Å². The SMILES string of the molecule is COC(C)(C)CCOC1Cc2ccccc2C1N. The van der Waals surface area contributed by atoms with Gasteiger partial charge in [0.25, 0.3) is 0 Å². The van der Waals surface area contributed by atoms with Crippen LogP contribution in [0.1, 0.15) is 37.4 Å². The molecule has 1 aromatic rings. The number of fused-ring (bicyclic) bond motifs is 1. The van der Waals surface area contributed by atoms with E-state index in [1.165, 1.54) is 11.1 Å². The average molecular weight is 249 g/mol. The van der Waals surface area contributed by atoms with Crippen LogP contribution in [-0.4, -0.2) is 25.4 Å². The van der Waals surface area contributed by atoms with Crippen molar-refractivity contribution in [3.63, 3.8) is 0 Å². The molecule has 0 saturated carbocycles. The second-order valence-electron chi connectivity index (χ2n) is 5.55. The van der Waals surface area contributed by atoms with E-state index < -0.39 is 0 Å². The number of ether oxygens (including phenoxy) is 2. The summed E-state index contributed by atoms with van der Waals surface area (Å²) in [7, 11) is 1.73. The van der Waals surface area contributed by atoms with Crippen molar-refractivity contribution in [2.24, 2.45) is 5.73 Å². The van der Waals surface area contributed by atoms with Crippen molar-refractivity contribution in [2.45, 2.75) is 44.4 Å². The van der Waals surface area contributed by atoms with Crippen LogP contribution in [0.3, 0.4) is 0 Å². The molecule has 1 aromatic carbocycles. The Bertz CT molecular complexity index is 403. The van der Waals surface area contributed by atoms with E-state index in [0.29, 0.717) is 6.61 Å². The molecule has 0 aliphatic heterocycles. The molecule has 0 spiro atoms. The first-order valence-electron chi connectivity index (χ1n) is 6.53. The molecule has 0 saturated heterocycles. The minimum Gasteiger partial charge on any atom is -0.379 e. The van der Waals surface area contributed by atoms with E-state index in [9.17, 15) is 0 Å². The lowest BCUT2D eigenvalue weighted by molar-refractivity contribution is -0.0294. The summed E-state index contributed by atoms with van der Waals surface area (Å²) in [5.41, 5.74) is 8.64. The maximum atomic E-state index is 6.22. The Hall–Kier alpha value is -0.900. The fraction of sp³-hybridized carbons (Fsp3) is 0.600. The summed E-state index contributed by atoms with van der Waals surface area (Å²) in [5, 5.41) is 0. The van der Waals surface area contributed by atoms with Crippen molar-refractivity contribution in [3.05, 3.63) is 35.4 Å². The summed E-state index contributed by atoms with van der Waals surface area (Å²) >= 11 is 0. The molecule has 1 aliphatic rings. The van der Waals surface area contributed by atoms with Crippen LogP contribution in [0.15, 0.2) is 24.3 Å². The molecule has 3 heteroatoms. The maximum absolute atomic E-state index is 6.22. The third-order valence-electron chi connectivity index (χ3n) is 3.82. The van der Waals surface area contributed by atoms with Gasteiger partial charge < -0.3 is 15.2 Å². The van der Waals surface area contributed by atoms with Crippen molar-refractivity contribution in [3.8, 4) is 0 Å². The highest BCUT2D eigenvalue weighted by Gasteiger charge is 2.30. The van der Waals surface area contributed by atoms with Crippen LogP contribution < -0.4 is 5.73 Å².